The van der Waals surface area contributed by atoms with E-state index >= 15 is 0 Å². The average Bonchev–Trinajstić information content (AvgIpc) is 2.72. The van der Waals surface area contributed by atoms with Crippen LogP contribution in [-0.2, 0) is 19.9 Å². The van der Waals surface area contributed by atoms with Gasteiger partial charge in [-0.25, -0.2) is 4.98 Å². The molecule has 0 aliphatic carbocycles. The number of rotatable bonds is 10. The van der Waals surface area contributed by atoms with E-state index in [1.165, 1.54) is 29.4 Å². The van der Waals surface area contributed by atoms with E-state index in [1.54, 1.807) is 37.3 Å². The average molecular weight is 410 g/mol. The number of hydrogen-bond donors (Lipinski definition) is 1. The lowest BCUT2D eigenvalue weighted by atomic mass is 10.1. The Balaban J connectivity index is 1.39. The first kappa shape index (κ1) is 21.1. The number of unbranched alkanes of at least 4 members (excludes halogenated alkanes) is 3. The fourth-order valence-corrected chi connectivity index (χ4v) is 3.96. The summed E-state index contributed by atoms with van der Waals surface area (Å²) in [5, 5.41) is 0.659. The largest absolute Gasteiger partial charge is 0.319 e. The van der Waals surface area contributed by atoms with Gasteiger partial charge in [-0.1, -0.05) is 54.9 Å². The summed E-state index contributed by atoms with van der Waals surface area (Å²) in [6.07, 6.45) is 9.60. The third kappa shape index (κ3) is 6.75. The number of nitrogens with one attached hydrogen (secondary N) is 1. The van der Waals surface area contributed by atoms with E-state index in [2.05, 4.69) is 40.3 Å². The summed E-state index contributed by atoms with van der Waals surface area (Å²) in [7, 11) is 1.70. The number of pyridine rings is 1. The smallest absolute Gasteiger partial charge is 0.255 e. The van der Waals surface area contributed by atoms with Crippen LogP contribution in [0.2, 0.25) is 0 Å². The first-order valence-electron chi connectivity index (χ1n) is 10.0. The van der Waals surface area contributed by atoms with Crippen LogP contribution < -0.4 is 11.1 Å². The maximum absolute atomic E-state index is 12.3. The molecule has 0 saturated heterocycles. The van der Waals surface area contributed by atoms with E-state index in [1.807, 2.05) is 6.07 Å². The molecule has 0 unspecified atom stereocenters. The molecule has 5 nitrogen and oxygen atoms in total. The van der Waals surface area contributed by atoms with E-state index in [0.717, 1.165) is 24.2 Å². The molecule has 0 amide bonds. The van der Waals surface area contributed by atoms with Gasteiger partial charge in [0.05, 0.1) is 0 Å². The summed E-state index contributed by atoms with van der Waals surface area (Å²) in [6, 6.07) is 14.0. The van der Waals surface area contributed by atoms with Crippen molar-refractivity contribution >= 4 is 11.8 Å². The zero-order valence-electron chi connectivity index (χ0n) is 16.8. The summed E-state index contributed by atoms with van der Waals surface area (Å²) >= 11 is 1.59. The van der Waals surface area contributed by atoms with Crippen LogP contribution in [0, 0.1) is 0 Å². The van der Waals surface area contributed by atoms with Gasteiger partial charge in [0.2, 0.25) is 0 Å². The minimum absolute atomic E-state index is 0.0807. The normalized spacial score (nSPS) is 10.9. The number of aromatic amines is 1. The zero-order chi connectivity index (χ0) is 20.5. The molecule has 0 fully saturated rings. The van der Waals surface area contributed by atoms with Crippen molar-refractivity contribution in [1.29, 1.82) is 0 Å². The Kier molecular flexibility index (Phi) is 7.87. The third-order valence-electron chi connectivity index (χ3n) is 4.85. The van der Waals surface area contributed by atoms with E-state index in [4.69, 9.17) is 0 Å². The Hall–Kier alpha value is -2.60. The predicted molar refractivity (Wildman–Crippen MR) is 119 cm³/mol. The van der Waals surface area contributed by atoms with Gasteiger partial charge in [-0.2, -0.15) is 0 Å². The number of aryl methyl sites for hydroxylation is 2. The van der Waals surface area contributed by atoms with Crippen LogP contribution in [-0.4, -0.2) is 20.3 Å². The second-order valence-corrected chi connectivity index (χ2v) is 8.29. The summed E-state index contributed by atoms with van der Waals surface area (Å²) in [4.78, 5) is 31.3. The van der Waals surface area contributed by atoms with E-state index in [0.29, 0.717) is 17.1 Å². The molecule has 0 aliphatic heterocycles. The van der Waals surface area contributed by atoms with E-state index in [9.17, 15) is 9.59 Å². The molecule has 1 aromatic carbocycles. The van der Waals surface area contributed by atoms with Crippen LogP contribution in [0.5, 0.6) is 0 Å². The van der Waals surface area contributed by atoms with Gasteiger partial charge in [0.25, 0.3) is 11.1 Å². The number of H-pyrrole nitrogens is 1. The highest BCUT2D eigenvalue weighted by Gasteiger charge is 2.06. The molecule has 29 heavy (non-hydrogen) atoms. The Morgan fingerprint density at radius 1 is 1.00 bits per heavy atom. The molecule has 0 saturated carbocycles. The van der Waals surface area contributed by atoms with Crippen molar-refractivity contribution in [3.8, 4) is 0 Å². The third-order valence-corrected chi connectivity index (χ3v) is 5.83. The zero-order valence-corrected chi connectivity index (χ0v) is 17.6. The van der Waals surface area contributed by atoms with Gasteiger partial charge >= 0.3 is 0 Å². The summed E-state index contributed by atoms with van der Waals surface area (Å²) < 4.78 is 1.51. The maximum atomic E-state index is 12.3. The molecule has 0 aliphatic rings. The number of hydrogen-bond acceptors (Lipinski definition) is 4. The maximum Gasteiger partial charge on any atom is 0.255 e. The van der Waals surface area contributed by atoms with Gasteiger partial charge in [-0.3, -0.25) is 9.59 Å². The fraction of sp³-hybridized carbons (Fsp3) is 0.348. The highest BCUT2D eigenvalue weighted by atomic mass is 32.2. The molecule has 0 atom stereocenters. The van der Waals surface area contributed by atoms with Gasteiger partial charge in [0.1, 0.15) is 0 Å². The number of benzene rings is 1. The molecule has 3 aromatic rings. The SMILES string of the molecule is Cn1ccc(Cc2cnc(SCCCCCCc3ccccc3)[nH]c2=O)cc1=O. The molecule has 2 aromatic heterocycles. The number of aromatic nitrogens is 3. The van der Waals surface area contributed by atoms with E-state index < -0.39 is 0 Å². The first-order valence-corrected chi connectivity index (χ1v) is 11.0. The first-order chi connectivity index (χ1) is 14.1. The van der Waals surface area contributed by atoms with Crippen LogP contribution in [0.15, 0.2) is 69.6 Å². The van der Waals surface area contributed by atoms with Crippen LogP contribution in [0.4, 0.5) is 0 Å². The molecule has 0 radical (unpaired) electrons. The standard InChI is InChI=1S/C23H27N3O2S/c1-26-13-12-19(16-21(26)27)15-20-17-24-23(25-22(20)28)29-14-8-3-2-5-9-18-10-6-4-7-11-18/h4,6-7,10-13,16-17H,2-3,5,8-9,14-15H2,1H3,(H,24,25,28). The molecular weight excluding hydrogens is 382 g/mol. The number of thioether (sulfide) groups is 1. The van der Waals surface area contributed by atoms with Crippen molar-refractivity contribution in [3.63, 3.8) is 0 Å². The van der Waals surface area contributed by atoms with Gasteiger partial charge in [-0.05, 0) is 36.5 Å². The predicted octanol–water partition coefficient (Wildman–Crippen LogP) is 3.95. The molecule has 2 heterocycles. The summed E-state index contributed by atoms with van der Waals surface area (Å²) in [5.74, 6) is 0.947. The van der Waals surface area contributed by atoms with Gasteiger partial charge < -0.3 is 9.55 Å². The van der Waals surface area contributed by atoms with E-state index in [-0.39, 0.29) is 11.1 Å². The van der Waals surface area contributed by atoms with Crippen molar-refractivity contribution in [2.24, 2.45) is 7.05 Å². The molecule has 0 bridgehead atoms. The van der Waals surface area contributed by atoms with Gasteiger partial charge in [0.15, 0.2) is 5.16 Å². The van der Waals surface area contributed by atoms with Gasteiger partial charge in [-0.15, -0.1) is 0 Å². The van der Waals surface area contributed by atoms with Crippen molar-refractivity contribution in [2.75, 3.05) is 5.75 Å². The molecule has 3 rings (SSSR count). The Morgan fingerprint density at radius 3 is 2.55 bits per heavy atom. The molecule has 1 N–H and O–H groups in total. The monoisotopic (exact) mass is 409 g/mol. The number of nitrogens with zero attached hydrogens (tertiary/aromatic N) is 2. The lowest BCUT2D eigenvalue weighted by Crippen LogP contribution is -2.18. The molecular formula is C23H27N3O2S. The lowest BCUT2D eigenvalue weighted by molar-refractivity contribution is 0.670. The minimum atomic E-state index is -0.133. The highest BCUT2D eigenvalue weighted by Crippen LogP contribution is 2.15. The second kappa shape index (κ2) is 10.8. The molecule has 152 valence electrons. The van der Waals surface area contributed by atoms with Crippen LogP contribution in [0.1, 0.15) is 42.4 Å². The fourth-order valence-electron chi connectivity index (χ4n) is 3.12. The lowest BCUT2D eigenvalue weighted by Gasteiger charge is -2.05. The minimum Gasteiger partial charge on any atom is -0.319 e. The topological polar surface area (TPSA) is 67.8 Å². The van der Waals surface area contributed by atoms with Crippen LogP contribution in [0.3, 0.4) is 0 Å². The molecule has 0 spiro atoms. The quantitative estimate of drug-likeness (QED) is 0.313. The van der Waals surface area contributed by atoms with Crippen LogP contribution >= 0.6 is 11.8 Å². The summed E-state index contributed by atoms with van der Waals surface area (Å²) in [6.45, 7) is 0. The molecule has 6 heteroatoms. The van der Waals surface area contributed by atoms with Crippen molar-refractivity contribution in [3.05, 3.63) is 92.3 Å². The van der Waals surface area contributed by atoms with Crippen molar-refractivity contribution in [2.45, 2.75) is 43.7 Å². The van der Waals surface area contributed by atoms with Crippen molar-refractivity contribution in [1.82, 2.24) is 14.5 Å². The highest BCUT2D eigenvalue weighted by molar-refractivity contribution is 7.99. The summed E-state index contributed by atoms with van der Waals surface area (Å²) in [5.41, 5.74) is 2.58. The Labute approximate surface area is 175 Å². The van der Waals surface area contributed by atoms with Crippen LogP contribution in [0.25, 0.3) is 0 Å². The van der Waals surface area contributed by atoms with Gasteiger partial charge in [0, 0.05) is 43.2 Å². The Morgan fingerprint density at radius 2 is 1.79 bits per heavy atom. The Bertz CT molecular complexity index is 1030. The van der Waals surface area contributed by atoms with Crippen molar-refractivity contribution < 1.29 is 0 Å². The second-order valence-electron chi connectivity index (χ2n) is 7.20.